The third-order valence-electron chi connectivity index (χ3n) is 4.53. The van der Waals surface area contributed by atoms with E-state index in [1.807, 2.05) is 18.2 Å². The normalized spacial score (nSPS) is 32.4. The van der Waals surface area contributed by atoms with Crippen molar-refractivity contribution in [3.8, 4) is 0 Å². The van der Waals surface area contributed by atoms with Gasteiger partial charge in [-0.05, 0) is 50.4 Å². The quantitative estimate of drug-likeness (QED) is 0.376. The Balaban J connectivity index is 2.26. The first-order chi connectivity index (χ1) is 9.60. The first-order valence-electron chi connectivity index (χ1n) is 8.17. The van der Waals surface area contributed by atoms with E-state index in [-0.39, 0.29) is 11.8 Å². The van der Waals surface area contributed by atoms with Crippen molar-refractivity contribution in [2.45, 2.75) is 71.1 Å². The molecule has 0 N–H and O–H groups in total. The van der Waals surface area contributed by atoms with Gasteiger partial charge in [-0.15, -0.1) is 6.58 Å². The van der Waals surface area contributed by atoms with Crippen LogP contribution in [0.25, 0.3) is 0 Å². The van der Waals surface area contributed by atoms with Crippen LogP contribution in [0.1, 0.15) is 58.8 Å². The molecule has 5 atom stereocenters. The molecule has 0 aromatic carbocycles. The number of allylic oxidation sites excluding steroid dienone is 3. The zero-order chi connectivity index (χ0) is 15.0. The minimum absolute atomic E-state index is 0.128. The van der Waals surface area contributed by atoms with Crippen molar-refractivity contribution in [2.75, 3.05) is 0 Å². The van der Waals surface area contributed by atoms with Crippen molar-refractivity contribution in [2.24, 2.45) is 17.8 Å². The maximum absolute atomic E-state index is 13.8. The summed E-state index contributed by atoms with van der Waals surface area (Å²) in [5.41, 5.74) is 0. The maximum Gasteiger partial charge on any atom is 0.138 e. The Labute approximate surface area is 123 Å². The van der Waals surface area contributed by atoms with Gasteiger partial charge in [0.2, 0.25) is 0 Å². The standard InChI is InChI=1S/C18H30F2/c1-4-9-15(5-2)10-7-6-8-11-16-13-12-14(3)17(19)18(16)20/h5,8,11,14-18H,2,4,6-7,9-10,12-13H2,1,3H3/b11-8+. The molecule has 0 spiro atoms. The minimum Gasteiger partial charge on any atom is -0.244 e. The van der Waals surface area contributed by atoms with Gasteiger partial charge in [-0.3, -0.25) is 0 Å². The van der Waals surface area contributed by atoms with Gasteiger partial charge in [0.05, 0.1) is 0 Å². The number of hydrogen-bond donors (Lipinski definition) is 0. The lowest BCUT2D eigenvalue weighted by Gasteiger charge is -2.31. The van der Waals surface area contributed by atoms with E-state index in [9.17, 15) is 8.78 Å². The van der Waals surface area contributed by atoms with Crippen LogP contribution in [0.2, 0.25) is 0 Å². The molecule has 0 amide bonds. The molecule has 1 fully saturated rings. The van der Waals surface area contributed by atoms with E-state index in [4.69, 9.17) is 0 Å². The summed E-state index contributed by atoms with van der Waals surface area (Å²) in [6.07, 6.45) is 10.6. The molecule has 116 valence electrons. The molecule has 0 bridgehead atoms. The molecule has 0 nitrogen and oxygen atoms in total. The second-order valence-corrected chi connectivity index (χ2v) is 6.25. The average Bonchev–Trinajstić information content (AvgIpc) is 2.45. The predicted molar refractivity (Wildman–Crippen MR) is 83.3 cm³/mol. The lowest BCUT2D eigenvalue weighted by molar-refractivity contribution is 0.0468. The molecule has 0 heterocycles. The lowest BCUT2D eigenvalue weighted by atomic mass is 9.80. The highest BCUT2D eigenvalue weighted by Crippen LogP contribution is 2.34. The number of halogens is 2. The van der Waals surface area contributed by atoms with Crippen LogP contribution in [0.5, 0.6) is 0 Å². The Morgan fingerprint density at radius 1 is 1.20 bits per heavy atom. The zero-order valence-electron chi connectivity index (χ0n) is 13.0. The third-order valence-corrected chi connectivity index (χ3v) is 4.53. The molecule has 1 rings (SSSR count). The Morgan fingerprint density at radius 3 is 2.60 bits per heavy atom. The molecule has 0 radical (unpaired) electrons. The first kappa shape index (κ1) is 17.4. The van der Waals surface area contributed by atoms with E-state index in [1.54, 1.807) is 6.92 Å². The van der Waals surface area contributed by atoms with Gasteiger partial charge in [0.1, 0.15) is 12.3 Å². The van der Waals surface area contributed by atoms with Crippen LogP contribution in [-0.2, 0) is 0 Å². The molecule has 1 aliphatic rings. The van der Waals surface area contributed by atoms with E-state index in [2.05, 4.69) is 13.5 Å². The topological polar surface area (TPSA) is 0 Å². The molecule has 0 aromatic rings. The fourth-order valence-electron chi connectivity index (χ4n) is 3.05. The van der Waals surface area contributed by atoms with Crippen LogP contribution in [0.3, 0.4) is 0 Å². The highest BCUT2D eigenvalue weighted by molar-refractivity contribution is 4.98. The van der Waals surface area contributed by atoms with Crippen molar-refractivity contribution in [3.63, 3.8) is 0 Å². The van der Waals surface area contributed by atoms with Gasteiger partial charge in [0.25, 0.3) is 0 Å². The fraction of sp³-hybridized carbons (Fsp3) is 0.778. The molecule has 1 aliphatic carbocycles. The van der Waals surface area contributed by atoms with Crippen molar-refractivity contribution < 1.29 is 8.78 Å². The molecule has 0 saturated heterocycles. The van der Waals surface area contributed by atoms with Gasteiger partial charge >= 0.3 is 0 Å². The van der Waals surface area contributed by atoms with E-state index >= 15 is 0 Å². The smallest absolute Gasteiger partial charge is 0.138 e. The summed E-state index contributed by atoms with van der Waals surface area (Å²) in [5, 5.41) is 0. The molecule has 20 heavy (non-hydrogen) atoms. The van der Waals surface area contributed by atoms with Gasteiger partial charge in [0.15, 0.2) is 0 Å². The van der Waals surface area contributed by atoms with Gasteiger partial charge in [-0.1, -0.05) is 38.5 Å². The first-order valence-corrected chi connectivity index (χ1v) is 8.17. The third kappa shape index (κ3) is 5.38. The second kappa shape index (κ2) is 9.31. The Hall–Kier alpha value is -0.660. The fourth-order valence-corrected chi connectivity index (χ4v) is 3.05. The van der Waals surface area contributed by atoms with E-state index < -0.39 is 12.3 Å². The second-order valence-electron chi connectivity index (χ2n) is 6.25. The van der Waals surface area contributed by atoms with Crippen LogP contribution in [0, 0.1) is 17.8 Å². The lowest BCUT2D eigenvalue weighted by Crippen LogP contribution is -2.35. The molecule has 5 unspecified atom stereocenters. The van der Waals surface area contributed by atoms with Crippen molar-refractivity contribution in [1.82, 2.24) is 0 Å². The predicted octanol–water partition coefficient (Wildman–Crippen LogP) is 6.04. The highest BCUT2D eigenvalue weighted by Gasteiger charge is 2.36. The van der Waals surface area contributed by atoms with Crippen molar-refractivity contribution in [3.05, 3.63) is 24.8 Å². The van der Waals surface area contributed by atoms with Crippen LogP contribution in [0.15, 0.2) is 24.8 Å². The van der Waals surface area contributed by atoms with Crippen LogP contribution in [-0.4, -0.2) is 12.3 Å². The maximum atomic E-state index is 13.8. The summed E-state index contributed by atoms with van der Waals surface area (Å²) in [6.45, 7) is 7.86. The number of hydrogen-bond acceptors (Lipinski definition) is 0. The number of rotatable bonds is 8. The molecule has 2 heteroatoms. The van der Waals surface area contributed by atoms with Gasteiger partial charge in [0, 0.05) is 5.92 Å². The molecular weight excluding hydrogens is 254 g/mol. The van der Waals surface area contributed by atoms with Crippen molar-refractivity contribution >= 4 is 0 Å². The van der Waals surface area contributed by atoms with Crippen molar-refractivity contribution in [1.29, 1.82) is 0 Å². The average molecular weight is 284 g/mol. The Bertz CT molecular complexity index is 298. The highest BCUT2D eigenvalue weighted by atomic mass is 19.2. The Kier molecular flexibility index (Phi) is 8.09. The molecule has 1 saturated carbocycles. The SMILES string of the molecule is C=CC(CCC)CCC/C=C/C1CCC(C)C(F)C1F. The van der Waals surface area contributed by atoms with Gasteiger partial charge in [-0.2, -0.15) is 0 Å². The summed E-state index contributed by atoms with van der Waals surface area (Å²) in [5.74, 6) is 0.261. The summed E-state index contributed by atoms with van der Waals surface area (Å²) in [6, 6.07) is 0. The summed E-state index contributed by atoms with van der Waals surface area (Å²) in [7, 11) is 0. The summed E-state index contributed by atoms with van der Waals surface area (Å²) >= 11 is 0. The van der Waals surface area contributed by atoms with Crippen LogP contribution < -0.4 is 0 Å². The van der Waals surface area contributed by atoms with Crippen LogP contribution >= 0.6 is 0 Å². The summed E-state index contributed by atoms with van der Waals surface area (Å²) in [4.78, 5) is 0. The summed E-state index contributed by atoms with van der Waals surface area (Å²) < 4.78 is 27.5. The van der Waals surface area contributed by atoms with Gasteiger partial charge in [-0.25, -0.2) is 8.78 Å². The monoisotopic (exact) mass is 284 g/mol. The zero-order valence-corrected chi connectivity index (χ0v) is 13.0. The van der Waals surface area contributed by atoms with E-state index in [0.29, 0.717) is 5.92 Å². The molecular formula is C18H30F2. The molecule has 0 aromatic heterocycles. The minimum atomic E-state index is -1.31. The Morgan fingerprint density at radius 2 is 1.95 bits per heavy atom. The number of alkyl halides is 2. The van der Waals surface area contributed by atoms with Gasteiger partial charge < -0.3 is 0 Å². The van der Waals surface area contributed by atoms with E-state index in [1.165, 1.54) is 12.8 Å². The van der Waals surface area contributed by atoms with Crippen LogP contribution in [0.4, 0.5) is 8.78 Å². The molecule has 0 aliphatic heterocycles. The number of unbranched alkanes of at least 4 members (excludes halogenated alkanes) is 1. The van der Waals surface area contributed by atoms with E-state index in [0.717, 1.165) is 32.1 Å². The largest absolute Gasteiger partial charge is 0.244 e.